The van der Waals surface area contributed by atoms with E-state index < -0.39 is 23.9 Å². The van der Waals surface area contributed by atoms with E-state index >= 15 is 0 Å². The zero-order valence-electron chi connectivity index (χ0n) is 18.5. The number of hydrogen-bond donors (Lipinski definition) is 7. The van der Waals surface area contributed by atoms with Crippen molar-refractivity contribution in [1.82, 2.24) is 21.3 Å². The van der Waals surface area contributed by atoms with Crippen LogP contribution in [0.2, 0.25) is 0 Å². The van der Waals surface area contributed by atoms with Gasteiger partial charge in [0.1, 0.15) is 11.8 Å². The summed E-state index contributed by atoms with van der Waals surface area (Å²) in [7, 11) is 0. The Bertz CT molecular complexity index is 608. The van der Waals surface area contributed by atoms with Crippen LogP contribution in [0.5, 0.6) is 0 Å². The van der Waals surface area contributed by atoms with Crippen molar-refractivity contribution < 1.29 is 19.2 Å². The zero-order chi connectivity index (χ0) is 23.6. The minimum Gasteiger partial charge on any atom is -0.370 e. The van der Waals surface area contributed by atoms with Crippen LogP contribution >= 0.6 is 0 Å². The number of carbonyl (C=O) groups excluding carboxylic acids is 4. The predicted molar refractivity (Wildman–Crippen MR) is 119 cm³/mol. The first-order valence-corrected chi connectivity index (χ1v) is 10.5. The summed E-state index contributed by atoms with van der Waals surface area (Å²) in [5.74, 6) is -1.48. The second-order valence-corrected chi connectivity index (χ2v) is 7.10. The number of nitrogens with one attached hydrogen (secondary N) is 4. The van der Waals surface area contributed by atoms with Gasteiger partial charge in [-0.15, -0.1) is 0 Å². The highest BCUT2D eigenvalue weighted by Crippen LogP contribution is 2.01. The number of nitrogens with two attached hydrogens (primary N) is 3. The molecular formula is C19H38N8O4. The molecule has 0 saturated heterocycles. The average Bonchev–Trinajstić information content (AvgIpc) is 2.71. The number of guanidine groups is 1. The van der Waals surface area contributed by atoms with Gasteiger partial charge in [0, 0.05) is 6.54 Å². The first kappa shape index (κ1) is 28.3. The maximum atomic E-state index is 12.4. The number of nitrogens with zero attached hydrogens (tertiary/aromatic N) is 1. The van der Waals surface area contributed by atoms with Crippen molar-refractivity contribution >= 4 is 29.5 Å². The Morgan fingerprint density at radius 3 is 2.10 bits per heavy atom. The average molecular weight is 443 g/mol. The standard InChI is InChI=1S/C19H38N8O4/c1-3-23-14(8-6-10-24-19(21)22)17(30)26-12-16(29)27-15(7-4-5-9-20)18(31)25-11-13(2)28/h14-15,23H,3-12,20H2,1-2H3,(H,25,31)(H,26,30)(H,27,29)(H4,21,22,24). The Hall–Kier alpha value is -2.73. The SMILES string of the molecule is CCNC(CCCN=C(N)N)C(=O)NCC(=O)NC(CCCCN)C(=O)NCC(C)=O. The molecule has 178 valence electrons. The number of carbonyl (C=O) groups is 4. The van der Waals surface area contributed by atoms with E-state index in [9.17, 15) is 19.2 Å². The van der Waals surface area contributed by atoms with Crippen molar-refractivity contribution in [2.75, 3.05) is 32.7 Å². The maximum absolute atomic E-state index is 12.4. The molecule has 0 aromatic rings. The topological polar surface area (TPSA) is 207 Å². The summed E-state index contributed by atoms with van der Waals surface area (Å²) < 4.78 is 0. The van der Waals surface area contributed by atoms with Gasteiger partial charge in [-0.25, -0.2) is 0 Å². The summed E-state index contributed by atoms with van der Waals surface area (Å²) in [5.41, 5.74) is 16.0. The van der Waals surface area contributed by atoms with Gasteiger partial charge < -0.3 is 38.5 Å². The van der Waals surface area contributed by atoms with Crippen LogP contribution in [0.3, 0.4) is 0 Å². The molecule has 0 rings (SSSR count). The minimum atomic E-state index is -0.806. The Morgan fingerprint density at radius 1 is 0.903 bits per heavy atom. The largest absolute Gasteiger partial charge is 0.370 e. The fourth-order valence-electron chi connectivity index (χ4n) is 2.71. The number of amides is 3. The fourth-order valence-corrected chi connectivity index (χ4v) is 2.71. The highest BCUT2D eigenvalue weighted by Gasteiger charge is 2.22. The lowest BCUT2D eigenvalue weighted by molar-refractivity contribution is -0.131. The first-order chi connectivity index (χ1) is 14.7. The molecule has 0 radical (unpaired) electrons. The lowest BCUT2D eigenvalue weighted by atomic mass is 10.1. The predicted octanol–water partition coefficient (Wildman–Crippen LogP) is -2.55. The van der Waals surface area contributed by atoms with Gasteiger partial charge in [-0.2, -0.15) is 0 Å². The van der Waals surface area contributed by atoms with Crippen molar-refractivity contribution in [3.63, 3.8) is 0 Å². The second-order valence-electron chi connectivity index (χ2n) is 7.10. The fraction of sp³-hybridized carbons (Fsp3) is 0.737. The van der Waals surface area contributed by atoms with Crippen LogP contribution in [0.1, 0.15) is 46.0 Å². The molecule has 3 amide bonds. The zero-order valence-corrected chi connectivity index (χ0v) is 18.5. The molecule has 31 heavy (non-hydrogen) atoms. The Morgan fingerprint density at radius 2 is 1.52 bits per heavy atom. The molecular weight excluding hydrogens is 404 g/mol. The molecule has 0 spiro atoms. The van der Waals surface area contributed by atoms with E-state index in [0.29, 0.717) is 51.7 Å². The van der Waals surface area contributed by atoms with Gasteiger partial charge in [0.2, 0.25) is 17.7 Å². The summed E-state index contributed by atoms with van der Waals surface area (Å²) in [6.07, 6.45) is 2.81. The second kappa shape index (κ2) is 17.0. The van der Waals surface area contributed by atoms with Crippen molar-refractivity contribution in [1.29, 1.82) is 0 Å². The van der Waals surface area contributed by atoms with Crippen molar-refractivity contribution in [3.8, 4) is 0 Å². The lowest BCUT2D eigenvalue weighted by Gasteiger charge is -2.20. The molecule has 0 aromatic heterocycles. The smallest absolute Gasteiger partial charge is 0.242 e. The van der Waals surface area contributed by atoms with Gasteiger partial charge in [0.25, 0.3) is 0 Å². The van der Waals surface area contributed by atoms with E-state index in [1.54, 1.807) is 0 Å². The third-order valence-corrected chi connectivity index (χ3v) is 4.25. The van der Waals surface area contributed by atoms with Crippen LogP contribution in [-0.4, -0.2) is 74.3 Å². The van der Waals surface area contributed by atoms with Crippen LogP contribution < -0.4 is 38.5 Å². The monoisotopic (exact) mass is 442 g/mol. The van der Waals surface area contributed by atoms with Crippen molar-refractivity contribution in [3.05, 3.63) is 0 Å². The van der Waals surface area contributed by atoms with E-state index in [4.69, 9.17) is 17.2 Å². The molecule has 12 heteroatoms. The van der Waals surface area contributed by atoms with E-state index in [2.05, 4.69) is 26.3 Å². The number of unbranched alkanes of at least 4 members (excludes halogenated alkanes) is 1. The molecule has 0 aliphatic rings. The maximum Gasteiger partial charge on any atom is 0.242 e. The van der Waals surface area contributed by atoms with Crippen LogP contribution in [0.25, 0.3) is 0 Å². The molecule has 0 aliphatic carbocycles. The minimum absolute atomic E-state index is 0.00511. The van der Waals surface area contributed by atoms with Gasteiger partial charge in [0.15, 0.2) is 5.96 Å². The molecule has 0 saturated carbocycles. The number of ketones is 1. The molecule has 0 fully saturated rings. The van der Waals surface area contributed by atoms with Crippen molar-refractivity contribution in [2.24, 2.45) is 22.2 Å². The first-order valence-electron chi connectivity index (χ1n) is 10.5. The molecule has 0 bridgehead atoms. The highest BCUT2D eigenvalue weighted by molar-refractivity contribution is 5.92. The summed E-state index contributed by atoms with van der Waals surface area (Å²) in [6.45, 7) is 4.29. The van der Waals surface area contributed by atoms with Gasteiger partial charge in [0.05, 0.1) is 19.1 Å². The van der Waals surface area contributed by atoms with Crippen LogP contribution in [-0.2, 0) is 19.2 Å². The molecule has 0 heterocycles. The Kier molecular flexibility index (Phi) is 15.5. The van der Waals surface area contributed by atoms with Gasteiger partial charge in [-0.3, -0.25) is 24.2 Å². The number of Topliss-reactive ketones (excluding diaryl/α,β-unsaturated/α-hetero) is 1. The van der Waals surface area contributed by atoms with E-state index in [1.807, 2.05) is 6.92 Å². The molecule has 10 N–H and O–H groups in total. The van der Waals surface area contributed by atoms with Crippen molar-refractivity contribution in [2.45, 2.75) is 58.0 Å². The lowest BCUT2D eigenvalue weighted by Crippen LogP contribution is -2.52. The molecule has 2 atom stereocenters. The quantitative estimate of drug-likeness (QED) is 0.0723. The Labute approximate surface area is 183 Å². The number of aliphatic imine (C=N–C) groups is 1. The number of rotatable bonds is 17. The number of likely N-dealkylation sites (N-methyl/N-ethyl adjacent to an activating group) is 1. The third-order valence-electron chi connectivity index (χ3n) is 4.25. The van der Waals surface area contributed by atoms with Crippen LogP contribution in [0.4, 0.5) is 0 Å². The third kappa shape index (κ3) is 14.8. The van der Waals surface area contributed by atoms with Gasteiger partial charge in [-0.1, -0.05) is 6.92 Å². The molecule has 0 aromatic carbocycles. The summed E-state index contributed by atoms with van der Waals surface area (Å²) in [5, 5.41) is 10.7. The Balaban J connectivity index is 4.67. The number of hydrogen-bond acceptors (Lipinski definition) is 7. The van der Waals surface area contributed by atoms with Gasteiger partial charge >= 0.3 is 0 Å². The molecule has 2 unspecified atom stereocenters. The normalized spacial score (nSPS) is 12.4. The summed E-state index contributed by atoms with van der Waals surface area (Å²) in [6, 6.07) is -1.30. The van der Waals surface area contributed by atoms with E-state index in [0.717, 1.165) is 0 Å². The van der Waals surface area contributed by atoms with Crippen LogP contribution in [0, 0.1) is 0 Å². The van der Waals surface area contributed by atoms with Gasteiger partial charge in [-0.05, 0) is 52.1 Å². The molecule has 0 aliphatic heterocycles. The summed E-state index contributed by atoms with van der Waals surface area (Å²) >= 11 is 0. The van der Waals surface area contributed by atoms with E-state index in [-0.39, 0.29) is 30.7 Å². The highest BCUT2D eigenvalue weighted by atomic mass is 16.2. The van der Waals surface area contributed by atoms with Crippen LogP contribution in [0.15, 0.2) is 4.99 Å². The summed E-state index contributed by atoms with van der Waals surface area (Å²) in [4.78, 5) is 51.9. The molecule has 12 nitrogen and oxygen atoms in total. The van der Waals surface area contributed by atoms with E-state index in [1.165, 1.54) is 6.92 Å².